The number of hydrogen-bond donors (Lipinski definition) is 0. The zero-order valence-corrected chi connectivity index (χ0v) is 60.6. The van der Waals surface area contributed by atoms with Crippen molar-refractivity contribution in [2.45, 2.75) is 0 Å². The van der Waals surface area contributed by atoms with E-state index in [1.165, 1.54) is 69.5 Å². The first kappa shape index (κ1) is 65.3. The van der Waals surface area contributed by atoms with Crippen LogP contribution in [0.4, 0.5) is 22.7 Å². The van der Waals surface area contributed by atoms with Crippen LogP contribution in [0.3, 0.4) is 0 Å². The Labute approximate surface area is 594 Å². The maximum atomic E-state index is 5.80. The number of anilines is 4. The average Bonchev–Trinajstić information content (AvgIpc) is 1.62. The minimum atomic E-state index is 0. The molecule has 4 aromatic heterocycles. The van der Waals surface area contributed by atoms with E-state index in [4.69, 9.17) is 4.42 Å². The summed E-state index contributed by atoms with van der Waals surface area (Å²) >= 11 is 1.83. The molecular formula is C76H58Ir4N10OS-8. The van der Waals surface area contributed by atoms with Gasteiger partial charge in [-0.05, 0) is 148 Å². The monoisotopic (exact) mass is 1930 g/mol. The Morgan fingerprint density at radius 2 is 0.793 bits per heavy atom. The molecule has 0 spiro atoms. The Balaban J connectivity index is 0.000000125. The summed E-state index contributed by atoms with van der Waals surface area (Å²) in [5.74, 6) is 0. The van der Waals surface area contributed by atoms with Gasteiger partial charge in [0.05, 0.1) is 0 Å². The van der Waals surface area contributed by atoms with Crippen LogP contribution in [0.2, 0.25) is 0 Å². The summed E-state index contributed by atoms with van der Waals surface area (Å²) in [5.41, 5.74) is 13.1. The van der Waals surface area contributed by atoms with Crippen molar-refractivity contribution in [1.29, 1.82) is 0 Å². The molecule has 4 radical (unpaired) electrons. The topological polar surface area (TPSA) is 48.9 Å². The number of thiophene rings is 1. The molecule has 0 N–H and O–H groups in total. The number of rotatable bonds is 6. The zero-order chi connectivity index (χ0) is 59.2. The van der Waals surface area contributed by atoms with Gasteiger partial charge in [-0.15, -0.1) is 57.5 Å². The minimum Gasteiger partial charge on any atom is -0.516 e. The first-order valence-electron chi connectivity index (χ1n) is 29.1. The van der Waals surface area contributed by atoms with Crippen LogP contribution in [-0.2, 0) is 80.4 Å². The summed E-state index contributed by atoms with van der Waals surface area (Å²) in [6, 6.07) is 85.1. The summed E-state index contributed by atoms with van der Waals surface area (Å²) in [5, 5.41) is 9.90. The third kappa shape index (κ3) is 12.7. The standard InChI is InChI=1S/2C22H17N3.C16H12N2O.C16H12N2S.4Ir/c1-23-14-15-24(16-23)21-13-7-11-19-18-10-5-6-12-20(18)25(22(19)21)17-8-3-2-4-9-17;1-23-13-14-24(16-23)18-11-12-22-20(15-18)19-9-5-6-10-21(19)25(22)17-7-3-2-4-8-17;2*1-17-8-9-18(11-17)12-6-7-16-14(10-12)13-4-2-3-5-15(13)19-16;;;;/h2-12,14-16H,1H3;2-10,12-16H,1H3;2*2-5,7-11H,1H3;;;;/q4*-2;;;;. The summed E-state index contributed by atoms with van der Waals surface area (Å²) in [7, 11) is 8.08. The molecule has 0 aliphatic carbocycles. The third-order valence-corrected chi connectivity index (χ3v) is 17.1. The van der Waals surface area contributed by atoms with Crippen LogP contribution in [0, 0.1) is 50.9 Å². The third-order valence-electron chi connectivity index (χ3n) is 16.0. The number of aromatic nitrogens is 2. The first-order valence-corrected chi connectivity index (χ1v) is 29.9. The van der Waals surface area contributed by atoms with E-state index in [0.29, 0.717) is 0 Å². The van der Waals surface area contributed by atoms with Gasteiger partial charge in [-0.3, -0.25) is 0 Å². The van der Waals surface area contributed by atoms with Crippen molar-refractivity contribution in [3.63, 3.8) is 0 Å². The summed E-state index contributed by atoms with van der Waals surface area (Å²) in [4.78, 5) is 16.5. The van der Waals surface area contributed by atoms with E-state index in [-0.39, 0.29) is 80.4 Å². The fourth-order valence-corrected chi connectivity index (χ4v) is 12.9. The number of benzene rings is 10. The van der Waals surface area contributed by atoms with Crippen molar-refractivity contribution in [1.82, 2.24) is 28.7 Å². The first-order chi connectivity index (χ1) is 43.3. The molecule has 0 saturated carbocycles. The van der Waals surface area contributed by atoms with E-state index in [9.17, 15) is 0 Å². The second kappa shape index (κ2) is 28.3. The maximum Gasteiger partial charge on any atom is 0.116 e. The minimum absolute atomic E-state index is 0. The average molecular weight is 1930 g/mol. The summed E-state index contributed by atoms with van der Waals surface area (Å²) < 4.78 is 13.1. The molecule has 14 aromatic rings. The molecule has 4 aliphatic rings. The van der Waals surface area contributed by atoms with Gasteiger partial charge in [-0.2, -0.15) is 75.2 Å². The van der Waals surface area contributed by atoms with Crippen molar-refractivity contribution < 1.29 is 84.8 Å². The predicted molar refractivity (Wildman–Crippen MR) is 365 cm³/mol. The van der Waals surface area contributed by atoms with Gasteiger partial charge in [0.15, 0.2) is 0 Å². The smallest absolute Gasteiger partial charge is 0.116 e. The van der Waals surface area contributed by atoms with Gasteiger partial charge >= 0.3 is 0 Å². The van der Waals surface area contributed by atoms with Crippen molar-refractivity contribution in [3.8, 4) is 11.4 Å². The normalized spacial score (nSPS) is 13.9. The van der Waals surface area contributed by atoms with Crippen LogP contribution in [0.1, 0.15) is 0 Å². The number of furan rings is 1. The fourth-order valence-electron chi connectivity index (χ4n) is 11.9. The molecule has 468 valence electrons. The van der Waals surface area contributed by atoms with Gasteiger partial charge in [-0.25, -0.2) is 11.3 Å². The Morgan fingerprint density at radius 3 is 1.38 bits per heavy atom. The second-order valence-electron chi connectivity index (χ2n) is 21.9. The van der Waals surface area contributed by atoms with E-state index in [1.54, 1.807) is 0 Å². The van der Waals surface area contributed by atoms with Gasteiger partial charge in [-0.1, -0.05) is 130 Å². The van der Waals surface area contributed by atoms with Crippen molar-refractivity contribution in [3.05, 3.63) is 307 Å². The van der Waals surface area contributed by atoms with Crippen LogP contribution < -0.4 is 19.6 Å². The SMILES string of the molecule is CN1C=CN(c2[c-]cc3c(c2)c2ccccc2n3-c2ccccc2)[CH-]1.CN1C=CN(c2[c-]cc3oc4ccccc4c3c2)[CH-]1.CN1C=CN(c2[c-]cc3sc4ccccc4c3c2)[CH-]1.CN1C=CN(c2[c-]ccc3c4ccccc4n(-c4ccccc4)c23)[CH-]1.[Ir].[Ir].[Ir].[Ir]. The molecule has 0 amide bonds. The van der Waals surface area contributed by atoms with Crippen LogP contribution in [0.15, 0.2) is 260 Å². The second-order valence-corrected chi connectivity index (χ2v) is 23.0. The molecule has 16 heteroatoms. The molecule has 0 saturated heterocycles. The molecule has 0 atom stereocenters. The van der Waals surface area contributed by atoms with Crippen LogP contribution >= 0.6 is 11.3 Å². The van der Waals surface area contributed by atoms with Crippen LogP contribution in [-0.4, -0.2) is 56.9 Å². The maximum absolute atomic E-state index is 5.80. The number of hydrogen-bond acceptors (Lipinski definition) is 10. The fraction of sp³-hybridized carbons (Fsp3) is 0.0526. The largest absolute Gasteiger partial charge is 0.516 e. The number of nitrogens with zero attached hydrogens (tertiary/aromatic N) is 10. The van der Waals surface area contributed by atoms with E-state index in [2.05, 4.69) is 231 Å². The van der Waals surface area contributed by atoms with Gasteiger partial charge in [0.2, 0.25) is 0 Å². The Hall–Kier alpha value is -8.22. The Kier molecular flexibility index (Phi) is 20.1. The van der Waals surface area contributed by atoms with E-state index in [1.807, 2.05) is 164 Å². The van der Waals surface area contributed by atoms with Gasteiger partial charge < -0.3 is 52.8 Å². The zero-order valence-electron chi connectivity index (χ0n) is 50.2. The summed E-state index contributed by atoms with van der Waals surface area (Å²) in [6.45, 7) is 8.18. The molecule has 10 aromatic carbocycles. The molecule has 92 heavy (non-hydrogen) atoms. The number of para-hydroxylation sites is 5. The van der Waals surface area contributed by atoms with Crippen LogP contribution in [0.25, 0.3) is 97.1 Å². The molecule has 18 rings (SSSR count). The van der Waals surface area contributed by atoms with Gasteiger partial charge in [0.1, 0.15) is 5.58 Å². The Bertz CT molecular complexity index is 4890. The molecular weight excluding hydrogens is 1870 g/mol. The number of fused-ring (bicyclic) bond motifs is 12. The molecule has 0 fully saturated rings. The van der Waals surface area contributed by atoms with E-state index in [0.717, 1.165) is 50.4 Å². The Morgan fingerprint density at radius 1 is 0.337 bits per heavy atom. The van der Waals surface area contributed by atoms with E-state index >= 15 is 0 Å². The molecule has 8 heterocycles. The molecule has 4 aliphatic heterocycles. The predicted octanol–water partition coefficient (Wildman–Crippen LogP) is 17.8. The van der Waals surface area contributed by atoms with Crippen molar-refractivity contribution >= 4 is 120 Å². The van der Waals surface area contributed by atoms with Crippen LogP contribution in [0.5, 0.6) is 0 Å². The van der Waals surface area contributed by atoms with Gasteiger partial charge in [0.25, 0.3) is 0 Å². The van der Waals surface area contributed by atoms with Gasteiger partial charge in [0, 0.05) is 118 Å². The quantitative estimate of drug-likeness (QED) is 0.152. The molecule has 0 unspecified atom stereocenters. The molecule has 11 nitrogen and oxygen atoms in total. The summed E-state index contributed by atoms with van der Waals surface area (Å²) in [6.07, 6.45) is 16.3. The van der Waals surface area contributed by atoms with E-state index < -0.39 is 0 Å². The molecule has 0 bridgehead atoms. The van der Waals surface area contributed by atoms with Crippen molar-refractivity contribution in [2.75, 3.05) is 47.8 Å². The van der Waals surface area contributed by atoms with Crippen molar-refractivity contribution in [2.24, 2.45) is 0 Å².